The van der Waals surface area contributed by atoms with Crippen LogP contribution >= 0.6 is 23.2 Å². The number of halogens is 2. The number of nitrogens with zero attached hydrogens (tertiary/aromatic N) is 2. The number of fused-ring (bicyclic) bond motifs is 23. The van der Waals surface area contributed by atoms with Gasteiger partial charge in [0.15, 0.2) is 0 Å². The molecular formula is C117H70Cl2N2O7. The fourth-order valence-corrected chi connectivity index (χ4v) is 19.3. The summed E-state index contributed by atoms with van der Waals surface area (Å²) in [4.78, 5) is 4.56. The number of anilines is 6. The molecule has 27 aromatic rings. The first kappa shape index (κ1) is 74.3. The summed E-state index contributed by atoms with van der Waals surface area (Å²) in [6.45, 7) is 0. The van der Waals surface area contributed by atoms with Gasteiger partial charge in [-0.1, -0.05) is 248 Å². The van der Waals surface area contributed by atoms with Crippen LogP contribution in [0.15, 0.2) is 443 Å². The molecule has 0 saturated heterocycles. The molecule has 128 heavy (non-hydrogen) atoms. The van der Waals surface area contributed by atoms with Gasteiger partial charge in [0.2, 0.25) is 0 Å². The van der Waals surface area contributed by atoms with E-state index in [1.807, 2.05) is 72.8 Å². The maximum Gasteiger partial charge on any atom is 0.143 e. The Hall–Kier alpha value is -16.3. The maximum absolute atomic E-state index is 6.77. The number of hydrogen-bond acceptors (Lipinski definition) is 9. The van der Waals surface area contributed by atoms with E-state index in [0.717, 1.165) is 233 Å². The van der Waals surface area contributed by atoms with Gasteiger partial charge in [0.1, 0.15) is 78.2 Å². The molecule has 0 spiro atoms. The van der Waals surface area contributed by atoms with E-state index in [2.05, 4.69) is 350 Å². The Balaban J connectivity index is 0.000000137. The zero-order valence-corrected chi connectivity index (χ0v) is 70.0. The lowest BCUT2D eigenvalue weighted by Gasteiger charge is -2.25. The summed E-state index contributed by atoms with van der Waals surface area (Å²) in [5.41, 5.74) is 27.5. The van der Waals surface area contributed by atoms with Crippen LogP contribution in [0.25, 0.3) is 208 Å². The molecule has 0 unspecified atom stereocenters. The summed E-state index contributed by atoms with van der Waals surface area (Å²) in [6.07, 6.45) is 0.954. The lowest BCUT2D eigenvalue weighted by Crippen LogP contribution is -2.09. The normalized spacial score (nSPS) is 11.9. The number of para-hydroxylation sites is 8. The second-order valence-electron chi connectivity index (χ2n) is 32.8. The highest BCUT2D eigenvalue weighted by Crippen LogP contribution is 2.48. The minimum absolute atomic E-state index is 0.670. The molecule has 7 heterocycles. The van der Waals surface area contributed by atoms with E-state index in [0.29, 0.717) is 10.0 Å². The Morgan fingerprint density at radius 3 is 0.797 bits per heavy atom. The maximum atomic E-state index is 6.77. The third-order valence-corrected chi connectivity index (χ3v) is 25.5. The molecular weight excluding hydrogens is 1620 g/mol. The molecule has 20 aromatic carbocycles. The van der Waals surface area contributed by atoms with Crippen LogP contribution < -0.4 is 9.80 Å². The molecule has 0 aliphatic rings. The monoisotopic (exact) mass is 1680 g/mol. The van der Waals surface area contributed by atoms with Crippen LogP contribution in [0, 0.1) is 0 Å². The zero-order valence-electron chi connectivity index (χ0n) is 68.5. The van der Waals surface area contributed by atoms with Crippen molar-refractivity contribution in [1.29, 1.82) is 0 Å². The van der Waals surface area contributed by atoms with Crippen molar-refractivity contribution >= 4 is 232 Å². The Kier molecular flexibility index (Phi) is 17.6. The van der Waals surface area contributed by atoms with Crippen LogP contribution in [-0.2, 0) is 6.42 Å². The fraction of sp³-hybridized carbons (Fsp3) is 0.00855. The standard InChI is InChI=1S/C70H42N2O4.C25H18O.C22H10Cl2O2/c1-3-13-47(14-4-1)71(49-29-25-43(26-30-49)53-19-11-21-59-55-17-7-9-23-63(55)75-69(53)59)51-33-35-57-61-37-45-40-66-62(38-46(45)39-65(61)73-67(57)41-51)58-36-34-52(42-68(58)74-66)72(48-15-5-2-6-16-48)50-31-27-44(28-32-50)54-20-12-22-60-56-18-8-10-24-64(56)76-70(54)60;1-2-7-18(8-3-1)17-19-13-15-20(16-14-19)21-10-6-11-23-22-9-4-5-12-24(22)26-25(21)23;23-13-1-3-15-17-5-11-8-20-18(16-4-2-14(24)10-22(16)26-20)6-12(11)7-19(17)25-21(15)9-13/h1-42H;1-16H,17H2;1-10H. The van der Waals surface area contributed by atoms with Gasteiger partial charge in [0, 0.05) is 161 Å². The van der Waals surface area contributed by atoms with E-state index in [9.17, 15) is 0 Å². The van der Waals surface area contributed by atoms with Gasteiger partial charge in [0.05, 0.1) is 0 Å². The molecule has 7 aromatic heterocycles. The predicted octanol–water partition coefficient (Wildman–Crippen LogP) is 35.5. The van der Waals surface area contributed by atoms with Crippen LogP contribution in [0.3, 0.4) is 0 Å². The molecule has 0 amide bonds. The van der Waals surface area contributed by atoms with Gasteiger partial charge in [-0.05, 0) is 220 Å². The molecule has 9 nitrogen and oxygen atoms in total. The van der Waals surface area contributed by atoms with Crippen molar-refractivity contribution in [3.63, 3.8) is 0 Å². The van der Waals surface area contributed by atoms with Crippen LogP contribution in [-0.4, -0.2) is 0 Å². The Morgan fingerprint density at radius 1 is 0.172 bits per heavy atom. The van der Waals surface area contributed by atoms with Crippen LogP contribution in [0.4, 0.5) is 34.1 Å². The first-order valence-corrected chi connectivity index (χ1v) is 43.5. The van der Waals surface area contributed by atoms with Crippen LogP contribution in [0.2, 0.25) is 10.0 Å². The van der Waals surface area contributed by atoms with Gasteiger partial charge in [-0.3, -0.25) is 0 Å². The second kappa shape index (κ2) is 30.3. The average Bonchev–Trinajstić information content (AvgIpc) is 1.63. The van der Waals surface area contributed by atoms with E-state index < -0.39 is 0 Å². The van der Waals surface area contributed by atoms with E-state index in [1.54, 1.807) is 0 Å². The van der Waals surface area contributed by atoms with E-state index in [4.69, 9.17) is 54.1 Å². The van der Waals surface area contributed by atoms with Gasteiger partial charge in [-0.2, -0.15) is 0 Å². The van der Waals surface area contributed by atoms with E-state index >= 15 is 0 Å². The van der Waals surface area contributed by atoms with Crippen molar-refractivity contribution in [1.82, 2.24) is 0 Å². The van der Waals surface area contributed by atoms with Gasteiger partial charge in [-0.15, -0.1) is 0 Å². The Bertz CT molecular complexity index is 8650. The third kappa shape index (κ3) is 12.9. The Labute approximate surface area is 741 Å². The van der Waals surface area contributed by atoms with E-state index in [-0.39, 0.29) is 0 Å². The van der Waals surface area contributed by atoms with Gasteiger partial charge >= 0.3 is 0 Å². The lowest BCUT2D eigenvalue weighted by atomic mass is 9.99. The summed E-state index contributed by atoms with van der Waals surface area (Å²) < 4.78 is 44.5. The first-order valence-electron chi connectivity index (χ1n) is 42.8. The lowest BCUT2D eigenvalue weighted by molar-refractivity contribution is 0.668. The number of furan rings is 7. The van der Waals surface area contributed by atoms with Crippen LogP contribution in [0.5, 0.6) is 0 Å². The van der Waals surface area contributed by atoms with Crippen molar-refractivity contribution in [3.05, 3.63) is 434 Å². The topological polar surface area (TPSA) is 98.5 Å². The fourth-order valence-electron chi connectivity index (χ4n) is 19.0. The largest absolute Gasteiger partial charge is 0.456 e. The molecule has 0 saturated carbocycles. The highest BCUT2D eigenvalue weighted by atomic mass is 35.5. The van der Waals surface area contributed by atoms with Crippen molar-refractivity contribution in [2.45, 2.75) is 6.42 Å². The van der Waals surface area contributed by atoms with Gasteiger partial charge in [-0.25, -0.2) is 0 Å². The van der Waals surface area contributed by atoms with Crippen molar-refractivity contribution < 1.29 is 30.9 Å². The molecule has 0 bridgehead atoms. The quantitative estimate of drug-likeness (QED) is 0.125. The summed E-state index contributed by atoms with van der Waals surface area (Å²) >= 11 is 12.2. The number of benzene rings is 20. The minimum atomic E-state index is 0.670. The highest BCUT2D eigenvalue weighted by Gasteiger charge is 2.24. The van der Waals surface area contributed by atoms with Gasteiger partial charge in [0.25, 0.3) is 0 Å². The Morgan fingerprint density at radius 2 is 0.438 bits per heavy atom. The predicted molar refractivity (Wildman–Crippen MR) is 530 cm³/mol. The van der Waals surface area contributed by atoms with Crippen molar-refractivity contribution in [3.8, 4) is 33.4 Å². The number of hydrogen-bond donors (Lipinski definition) is 0. The molecule has 11 heteroatoms. The molecule has 27 rings (SSSR count). The van der Waals surface area contributed by atoms with Crippen molar-refractivity contribution in [2.24, 2.45) is 0 Å². The van der Waals surface area contributed by atoms with Crippen molar-refractivity contribution in [2.75, 3.05) is 9.80 Å². The second-order valence-corrected chi connectivity index (χ2v) is 33.6. The summed E-state index contributed by atoms with van der Waals surface area (Å²) in [5.74, 6) is 0. The molecule has 0 fully saturated rings. The smallest absolute Gasteiger partial charge is 0.143 e. The van der Waals surface area contributed by atoms with Gasteiger partial charge < -0.3 is 40.7 Å². The molecule has 0 atom stereocenters. The highest BCUT2D eigenvalue weighted by molar-refractivity contribution is 6.32. The average molecular weight is 1690 g/mol. The van der Waals surface area contributed by atoms with Crippen LogP contribution in [0.1, 0.15) is 11.1 Å². The minimum Gasteiger partial charge on any atom is -0.456 e. The summed E-state index contributed by atoms with van der Waals surface area (Å²) in [6, 6.07) is 143. The summed E-state index contributed by atoms with van der Waals surface area (Å²) in [7, 11) is 0. The summed E-state index contributed by atoms with van der Waals surface area (Å²) in [5, 5.41) is 21.0. The third-order valence-electron chi connectivity index (χ3n) is 25.1. The first-order chi connectivity index (χ1) is 63.2. The molecule has 0 N–H and O–H groups in total. The zero-order chi connectivity index (χ0) is 84.6. The molecule has 604 valence electrons. The number of rotatable bonds is 11. The molecule has 0 aliphatic carbocycles. The molecule has 0 aliphatic heterocycles. The van der Waals surface area contributed by atoms with E-state index in [1.165, 1.54) is 27.5 Å². The molecule has 0 radical (unpaired) electrons. The SMILES string of the molecule is Clc1ccc2c(c1)oc1cc3cc4c(cc3cc12)oc1cc(Cl)ccc14.c1ccc(Cc2ccc(-c3cccc4c3oc3ccccc34)cc2)cc1.c1ccc(N(c2ccc(-c3cccc4c3oc3ccccc34)cc2)c2ccc3c(c2)oc2cc4cc5c(cc4cc23)oc2cc(N(c3ccccc3)c3ccc(-c4cccc6c4oc4ccccc46)cc3)ccc25)cc1.